The molecule has 9 heavy (non-hydrogen) atoms. The molecular formula is C7H16OSi. The molecule has 2 radical (unpaired) electrons. The van der Waals surface area contributed by atoms with E-state index in [2.05, 4.69) is 13.8 Å². The van der Waals surface area contributed by atoms with Gasteiger partial charge in [-0.15, -0.1) is 0 Å². The van der Waals surface area contributed by atoms with E-state index >= 15 is 0 Å². The van der Waals surface area contributed by atoms with Gasteiger partial charge in [0.25, 0.3) is 0 Å². The topological polar surface area (TPSA) is 9.23 Å². The Morgan fingerprint density at radius 1 is 1.22 bits per heavy atom. The lowest BCUT2D eigenvalue weighted by atomic mass is 10.4. The SMILES string of the molecule is CCCC[Si]OCCC. The summed E-state index contributed by atoms with van der Waals surface area (Å²) in [6.07, 6.45) is 3.77. The lowest BCUT2D eigenvalue weighted by molar-refractivity contribution is 0.334. The van der Waals surface area contributed by atoms with Gasteiger partial charge in [0, 0.05) is 6.61 Å². The van der Waals surface area contributed by atoms with Gasteiger partial charge in [-0.05, 0) is 12.5 Å². The van der Waals surface area contributed by atoms with Crippen molar-refractivity contribution in [1.82, 2.24) is 0 Å². The van der Waals surface area contributed by atoms with Crippen molar-refractivity contribution in [1.29, 1.82) is 0 Å². The summed E-state index contributed by atoms with van der Waals surface area (Å²) in [5, 5.41) is 0. The maximum absolute atomic E-state index is 5.31. The van der Waals surface area contributed by atoms with Crippen molar-refractivity contribution < 1.29 is 4.43 Å². The molecule has 0 saturated heterocycles. The average Bonchev–Trinajstić information content (AvgIpc) is 1.89. The second-order valence-corrected chi connectivity index (χ2v) is 3.17. The maximum Gasteiger partial charge on any atom is 0.229 e. The van der Waals surface area contributed by atoms with Crippen LogP contribution in [0.4, 0.5) is 0 Å². The summed E-state index contributed by atoms with van der Waals surface area (Å²) in [4.78, 5) is 0. The fourth-order valence-corrected chi connectivity index (χ4v) is 1.49. The molecule has 0 heterocycles. The van der Waals surface area contributed by atoms with Crippen LogP contribution in [-0.2, 0) is 4.43 Å². The highest BCUT2D eigenvalue weighted by Crippen LogP contribution is 1.93. The van der Waals surface area contributed by atoms with Crippen LogP contribution in [0.2, 0.25) is 6.04 Å². The molecule has 0 atom stereocenters. The molecule has 0 unspecified atom stereocenters. The van der Waals surface area contributed by atoms with Crippen LogP contribution in [-0.4, -0.2) is 16.4 Å². The summed E-state index contributed by atoms with van der Waals surface area (Å²) in [6, 6.07) is 1.26. The van der Waals surface area contributed by atoms with Gasteiger partial charge >= 0.3 is 0 Å². The standard InChI is InChI=1S/C7H16OSi/c1-3-5-7-9-8-6-4-2/h3-7H2,1-2H3. The zero-order chi connectivity index (χ0) is 6.95. The Morgan fingerprint density at radius 3 is 2.56 bits per heavy atom. The smallest absolute Gasteiger partial charge is 0.229 e. The van der Waals surface area contributed by atoms with E-state index in [1.54, 1.807) is 0 Å². The largest absolute Gasteiger partial charge is 0.417 e. The summed E-state index contributed by atoms with van der Waals surface area (Å²) in [6.45, 7) is 5.30. The minimum atomic E-state index is 0.746. The van der Waals surface area contributed by atoms with E-state index in [0.717, 1.165) is 22.8 Å². The Hall–Kier alpha value is 0.177. The molecule has 0 aliphatic carbocycles. The molecule has 0 fully saturated rings. The van der Waals surface area contributed by atoms with Gasteiger partial charge in [-0.2, -0.15) is 0 Å². The number of hydrogen-bond acceptors (Lipinski definition) is 1. The van der Waals surface area contributed by atoms with Crippen molar-refractivity contribution in [2.24, 2.45) is 0 Å². The maximum atomic E-state index is 5.31. The first-order valence-electron chi connectivity index (χ1n) is 3.76. The van der Waals surface area contributed by atoms with Crippen LogP contribution >= 0.6 is 0 Å². The third-order valence-corrected chi connectivity index (χ3v) is 2.01. The summed E-state index contributed by atoms with van der Waals surface area (Å²) >= 11 is 0. The van der Waals surface area contributed by atoms with Crippen LogP contribution < -0.4 is 0 Å². The second kappa shape index (κ2) is 8.18. The fraction of sp³-hybridized carbons (Fsp3) is 1.00. The molecule has 0 aromatic carbocycles. The van der Waals surface area contributed by atoms with Gasteiger partial charge in [-0.3, -0.25) is 0 Å². The number of hydrogen-bond donors (Lipinski definition) is 0. The van der Waals surface area contributed by atoms with Gasteiger partial charge in [-0.25, -0.2) is 0 Å². The third kappa shape index (κ3) is 8.18. The zero-order valence-electron chi connectivity index (χ0n) is 6.44. The summed E-state index contributed by atoms with van der Waals surface area (Å²) in [7, 11) is 0.746. The predicted octanol–water partition coefficient (Wildman–Crippen LogP) is 2.25. The Balaban J connectivity index is 2.60. The molecule has 0 spiro atoms. The first kappa shape index (κ1) is 9.18. The van der Waals surface area contributed by atoms with Gasteiger partial charge in [0.05, 0.1) is 0 Å². The van der Waals surface area contributed by atoms with Crippen LogP contribution in [0.3, 0.4) is 0 Å². The van der Waals surface area contributed by atoms with Crippen molar-refractivity contribution in [2.75, 3.05) is 6.61 Å². The monoisotopic (exact) mass is 144 g/mol. The average molecular weight is 144 g/mol. The molecule has 54 valence electrons. The van der Waals surface area contributed by atoms with Crippen molar-refractivity contribution in [3.05, 3.63) is 0 Å². The molecule has 0 bridgehead atoms. The second-order valence-electron chi connectivity index (χ2n) is 2.10. The number of unbranched alkanes of at least 4 members (excludes halogenated alkanes) is 1. The molecule has 0 aliphatic heterocycles. The van der Waals surface area contributed by atoms with Gasteiger partial charge < -0.3 is 4.43 Å². The van der Waals surface area contributed by atoms with E-state index in [-0.39, 0.29) is 0 Å². The van der Waals surface area contributed by atoms with Crippen LogP contribution in [0.1, 0.15) is 33.1 Å². The molecule has 0 rings (SSSR count). The third-order valence-electron chi connectivity index (χ3n) is 1.04. The normalized spacial score (nSPS) is 10.0. The molecule has 0 aromatic rings. The minimum Gasteiger partial charge on any atom is -0.417 e. The Bertz CT molecular complexity index is 42.2. The van der Waals surface area contributed by atoms with E-state index in [4.69, 9.17) is 4.43 Å². The molecule has 0 aromatic heterocycles. The summed E-state index contributed by atoms with van der Waals surface area (Å²) in [5.41, 5.74) is 0. The van der Waals surface area contributed by atoms with E-state index in [1.165, 1.54) is 18.9 Å². The molecule has 0 saturated carbocycles. The van der Waals surface area contributed by atoms with E-state index in [0.29, 0.717) is 0 Å². The van der Waals surface area contributed by atoms with Gasteiger partial charge in [0.1, 0.15) is 0 Å². The molecule has 0 aliphatic rings. The van der Waals surface area contributed by atoms with E-state index < -0.39 is 0 Å². The Morgan fingerprint density at radius 2 is 2.00 bits per heavy atom. The van der Waals surface area contributed by atoms with Crippen LogP contribution in [0.5, 0.6) is 0 Å². The van der Waals surface area contributed by atoms with E-state index in [1.807, 2.05) is 0 Å². The first-order valence-corrected chi connectivity index (χ1v) is 4.88. The molecule has 0 amide bonds. The van der Waals surface area contributed by atoms with E-state index in [9.17, 15) is 0 Å². The highest BCUT2D eigenvalue weighted by atomic mass is 28.2. The summed E-state index contributed by atoms with van der Waals surface area (Å²) in [5.74, 6) is 0. The highest BCUT2D eigenvalue weighted by Gasteiger charge is 1.88. The quantitative estimate of drug-likeness (QED) is 0.410. The van der Waals surface area contributed by atoms with Crippen molar-refractivity contribution in [3.8, 4) is 0 Å². The van der Waals surface area contributed by atoms with Crippen LogP contribution in [0, 0.1) is 0 Å². The molecule has 1 nitrogen and oxygen atoms in total. The number of rotatable bonds is 6. The van der Waals surface area contributed by atoms with Crippen molar-refractivity contribution >= 4 is 9.76 Å². The van der Waals surface area contributed by atoms with Crippen LogP contribution in [0.15, 0.2) is 0 Å². The Kier molecular flexibility index (Phi) is 8.34. The highest BCUT2D eigenvalue weighted by molar-refractivity contribution is 6.26. The van der Waals surface area contributed by atoms with Crippen molar-refractivity contribution in [3.63, 3.8) is 0 Å². The fourth-order valence-electron chi connectivity index (χ4n) is 0.495. The minimum absolute atomic E-state index is 0.746. The molecule has 0 N–H and O–H groups in total. The predicted molar refractivity (Wildman–Crippen MR) is 41.7 cm³/mol. The van der Waals surface area contributed by atoms with Crippen molar-refractivity contribution in [2.45, 2.75) is 39.2 Å². The lowest BCUT2D eigenvalue weighted by Crippen LogP contribution is -1.98. The van der Waals surface area contributed by atoms with Gasteiger partial charge in [0.2, 0.25) is 9.76 Å². The first-order chi connectivity index (χ1) is 4.41. The molecular weight excluding hydrogens is 128 g/mol. The van der Waals surface area contributed by atoms with Crippen LogP contribution in [0.25, 0.3) is 0 Å². The summed E-state index contributed by atoms with van der Waals surface area (Å²) < 4.78 is 5.31. The molecule has 2 heteroatoms. The zero-order valence-corrected chi connectivity index (χ0v) is 7.44. The van der Waals surface area contributed by atoms with Gasteiger partial charge in [-0.1, -0.05) is 26.7 Å². The Labute approximate surface area is 60.7 Å². The van der Waals surface area contributed by atoms with Gasteiger partial charge in [0.15, 0.2) is 0 Å². The lowest BCUT2D eigenvalue weighted by Gasteiger charge is -1.97.